The minimum Gasteiger partial charge on any atom is -0.461 e. The van der Waals surface area contributed by atoms with Gasteiger partial charge in [0.25, 0.3) is 0 Å². The van der Waals surface area contributed by atoms with Crippen LogP contribution >= 0.6 is 0 Å². The highest BCUT2D eigenvalue weighted by Crippen LogP contribution is 2.65. The minimum absolute atomic E-state index is 0.0585. The van der Waals surface area contributed by atoms with Crippen molar-refractivity contribution in [1.29, 1.82) is 0 Å². The monoisotopic (exact) mass is 300 g/mol. The molecule has 2 aliphatic heterocycles. The molecule has 1 saturated carbocycles. The van der Waals surface area contributed by atoms with Gasteiger partial charge in [0.05, 0.1) is 24.1 Å². The fourth-order valence-corrected chi connectivity index (χ4v) is 4.28. The predicted octanol–water partition coefficient (Wildman–Crippen LogP) is 1.42. The van der Waals surface area contributed by atoms with Crippen LogP contribution in [0, 0.1) is 5.92 Å². The van der Waals surface area contributed by atoms with Gasteiger partial charge in [-0.05, 0) is 18.4 Å². The van der Waals surface area contributed by atoms with Gasteiger partial charge in [0.2, 0.25) is 0 Å². The van der Waals surface area contributed by atoms with Crippen molar-refractivity contribution in [2.45, 2.75) is 56.1 Å². The lowest BCUT2D eigenvalue weighted by atomic mass is 9.80. The second-order valence-electron chi connectivity index (χ2n) is 6.90. The van der Waals surface area contributed by atoms with Crippen LogP contribution < -0.4 is 0 Å². The number of ether oxygens (including phenoxy) is 3. The zero-order valence-electron chi connectivity index (χ0n) is 13.1. The van der Waals surface area contributed by atoms with Gasteiger partial charge in [0, 0.05) is 5.92 Å². The van der Waals surface area contributed by atoms with E-state index in [-0.39, 0.29) is 29.6 Å². The summed E-state index contributed by atoms with van der Waals surface area (Å²) >= 11 is 0. The number of benzene rings is 1. The second kappa shape index (κ2) is 4.83. The molecule has 3 aliphatic rings. The highest BCUT2D eigenvalue weighted by Gasteiger charge is 2.76. The molecule has 0 aromatic heterocycles. The zero-order valence-corrected chi connectivity index (χ0v) is 13.1. The Morgan fingerprint density at radius 3 is 2.68 bits per heavy atom. The standard InChI is InChI=1S/C17H21BO4/c1-11-14-15(18)22-17(11,16(21-14)7-8-16)9-13(19)20-10-12-5-3-2-4-6-12/h2-6,11,14-15H,7-10,18H2,1H3/t11?,14-,15+,17+/m0/s1. The lowest BCUT2D eigenvalue weighted by Crippen LogP contribution is -2.50. The Morgan fingerprint density at radius 2 is 2.05 bits per heavy atom. The van der Waals surface area contributed by atoms with Gasteiger partial charge >= 0.3 is 5.97 Å². The summed E-state index contributed by atoms with van der Waals surface area (Å²) in [5.41, 5.74) is 0.295. The topological polar surface area (TPSA) is 44.8 Å². The SMILES string of the molecule is B[C@@H]1O[C@]2(CC(=O)OCc3ccccc3)C(C)[C@@H]1OC21CC1. The number of carbonyl (C=O) groups excluding carboxylic acids is 1. The fraction of sp³-hybridized carbons (Fsp3) is 0.588. The molecular formula is C17H21BO4. The summed E-state index contributed by atoms with van der Waals surface area (Å²) in [6.45, 7) is 2.46. The Morgan fingerprint density at radius 1 is 1.32 bits per heavy atom. The molecule has 1 spiro atoms. The van der Waals surface area contributed by atoms with Gasteiger partial charge in [0.15, 0.2) is 0 Å². The number of esters is 1. The molecule has 0 N–H and O–H groups in total. The Kier molecular flexibility index (Phi) is 3.14. The second-order valence-corrected chi connectivity index (χ2v) is 6.90. The summed E-state index contributed by atoms with van der Waals surface area (Å²) in [5, 5.41) is 0. The Balaban J connectivity index is 1.45. The van der Waals surface area contributed by atoms with E-state index < -0.39 is 5.60 Å². The smallest absolute Gasteiger partial charge is 0.309 e. The summed E-state index contributed by atoms with van der Waals surface area (Å²) in [6.07, 6.45) is 2.39. The van der Waals surface area contributed by atoms with Crippen molar-refractivity contribution in [2.24, 2.45) is 5.92 Å². The lowest BCUT2D eigenvalue weighted by molar-refractivity contribution is -0.189. The van der Waals surface area contributed by atoms with E-state index in [0.717, 1.165) is 18.4 Å². The van der Waals surface area contributed by atoms with Crippen LogP contribution in [0.15, 0.2) is 30.3 Å². The molecular weight excluding hydrogens is 279 g/mol. The van der Waals surface area contributed by atoms with E-state index in [1.54, 1.807) is 0 Å². The van der Waals surface area contributed by atoms with Crippen LogP contribution in [0.2, 0.25) is 0 Å². The Hall–Kier alpha value is -1.33. The highest BCUT2D eigenvalue weighted by atomic mass is 16.6. The molecule has 0 radical (unpaired) electrons. The maximum atomic E-state index is 12.4. The summed E-state index contributed by atoms with van der Waals surface area (Å²) in [4.78, 5) is 12.4. The van der Waals surface area contributed by atoms with Crippen molar-refractivity contribution >= 4 is 13.8 Å². The van der Waals surface area contributed by atoms with Crippen molar-refractivity contribution in [1.82, 2.24) is 0 Å². The summed E-state index contributed by atoms with van der Waals surface area (Å²) in [5.74, 6) is 0.0506. The van der Waals surface area contributed by atoms with Crippen molar-refractivity contribution in [2.75, 3.05) is 0 Å². The number of rotatable bonds is 4. The minimum atomic E-state index is -0.481. The van der Waals surface area contributed by atoms with Gasteiger partial charge in [-0.25, -0.2) is 0 Å². The van der Waals surface area contributed by atoms with Gasteiger partial charge < -0.3 is 14.2 Å². The lowest BCUT2D eigenvalue weighted by Gasteiger charge is -2.37. The molecule has 1 aromatic carbocycles. The fourth-order valence-electron chi connectivity index (χ4n) is 4.28. The third-order valence-corrected chi connectivity index (χ3v) is 5.57. The van der Waals surface area contributed by atoms with E-state index in [4.69, 9.17) is 14.2 Å². The van der Waals surface area contributed by atoms with E-state index in [1.807, 2.05) is 38.2 Å². The van der Waals surface area contributed by atoms with Crippen LogP contribution in [-0.4, -0.2) is 37.1 Å². The number of hydrogen-bond acceptors (Lipinski definition) is 4. The average molecular weight is 300 g/mol. The number of hydrogen-bond donors (Lipinski definition) is 0. The van der Waals surface area contributed by atoms with Gasteiger partial charge in [0.1, 0.15) is 20.1 Å². The van der Waals surface area contributed by atoms with Gasteiger partial charge in [-0.3, -0.25) is 4.79 Å². The first-order valence-corrected chi connectivity index (χ1v) is 8.12. The van der Waals surface area contributed by atoms with Crippen LogP contribution in [0.4, 0.5) is 0 Å². The van der Waals surface area contributed by atoms with Crippen molar-refractivity contribution < 1.29 is 19.0 Å². The van der Waals surface area contributed by atoms with Gasteiger partial charge in [-0.1, -0.05) is 37.3 Å². The number of fused-ring (bicyclic) bond motifs is 3. The van der Waals surface area contributed by atoms with E-state index >= 15 is 0 Å². The van der Waals surface area contributed by atoms with Crippen LogP contribution in [-0.2, 0) is 25.6 Å². The molecule has 3 fully saturated rings. The first-order chi connectivity index (χ1) is 10.6. The normalized spacial score (nSPS) is 37.4. The van der Waals surface area contributed by atoms with Crippen LogP contribution in [0.25, 0.3) is 0 Å². The first-order valence-electron chi connectivity index (χ1n) is 8.12. The van der Waals surface area contributed by atoms with Gasteiger partial charge in [-0.15, -0.1) is 0 Å². The molecule has 0 amide bonds. The van der Waals surface area contributed by atoms with Crippen molar-refractivity contribution in [3.8, 4) is 0 Å². The maximum absolute atomic E-state index is 12.4. The Labute approximate surface area is 131 Å². The van der Waals surface area contributed by atoms with E-state index in [1.165, 1.54) is 0 Å². The van der Waals surface area contributed by atoms with E-state index in [9.17, 15) is 4.79 Å². The average Bonchev–Trinajstić information content (AvgIpc) is 3.21. The van der Waals surface area contributed by atoms with Crippen molar-refractivity contribution in [3.63, 3.8) is 0 Å². The molecule has 5 heteroatoms. The highest BCUT2D eigenvalue weighted by molar-refractivity contribution is 6.11. The number of carbonyl (C=O) groups is 1. The molecule has 4 rings (SSSR count). The molecule has 116 valence electrons. The van der Waals surface area contributed by atoms with E-state index in [2.05, 4.69) is 6.92 Å². The molecule has 1 unspecified atom stereocenters. The third-order valence-electron chi connectivity index (χ3n) is 5.57. The third kappa shape index (κ3) is 1.95. The van der Waals surface area contributed by atoms with E-state index in [0.29, 0.717) is 13.0 Å². The Bertz CT molecular complexity index is 586. The quantitative estimate of drug-likeness (QED) is 0.623. The summed E-state index contributed by atoms with van der Waals surface area (Å²) in [6, 6.07) is 9.81. The molecule has 1 aromatic rings. The largest absolute Gasteiger partial charge is 0.461 e. The molecule has 1 aliphatic carbocycles. The summed E-state index contributed by atoms with van der Waals surface area (Å²) < 4.78 is 17.9. The molecule has 2 saturated heterocycles. The van der Waals surface area contributed by atoms with Crippen molar-refractivity contribution in [3.05, 3.63) is 35.9 Å². The first kappa shape index (κ1) is 14.3. The zero-order chi connectivity index (χ0) is 15.4. The van der Waals surface area contributed by atoms with Crippen LogP contribution in [0.5, 0.6) is 0 Å². The van der Waals surface area contributed by atoms with Crippen LogP contribution in [0.1, 0.15) is 31.7 Å². The molecule has 2 bridgehead atoms. The van der Waals surface area contributed by atoms with Crippen LogP contribution in [0.3, 0.4) is 0 Å². The maximum Gasteiger partial charge on any atom is 0.309 e. The molecule has 22 heavy (non-hydrogen) atoms. The predicted molar refractivity (Wildman–Crippen MR) is 83.0 cm³/mol. The molecule has 4 nitrogen and oxygen atoms in total. The van der Waals surface area contributed by atoms with Gasteiger partial charge in [-0.2, -0.15) is 0 Å². The molecule has 2 heterocycles. The molecule has 4 atom stereocenters. The summed E-state index contributed by atoms with van der Waals surface area (Å²) in [7, 11) is 2.04.